The summed E-state index contributed by atoms with van der Waals surface area (Å²) in [5.74, 6) is 1.10. The lowest BCUT2D eigenvalue weighted by atomic mass is 10.1. The van der Waals surface area contributed by atoms with Crippen LogP contribution in [0, 0.1) is 6.92 Å². The summed E-state index contributed by atoms with van der Waals surface area (Å²) in [7, 11) is 1.57. The summed E-state index contributed by atoms with van der Waals surface area (Å²) < 4.78 is 5.30. The molecule has 0 bridgehead atoms. The van der Waals surface area contributed by atoms with Crippen molar-refractivity contribution in [2.75, 3.05) is 7.11 Å². The van der Waals surface area contributed by atoms with Crippen molar-refractivity contribution in [3.8, 4) is 5.75 Å². The molecule has 0 aliphatic heterocycles. The molecule has 0 atom stereocenters. The Hall–Kier alpha value is -2.43. The van der Waals surface area contributed by atoms with Crippen LogP contribution in [0.15, 0.2) is 36.7 Å². The first-order chi connectivity index (χ1) is 10.1. The summed E-state index contributed by atoms with van der Waals surface area (Å²) in [6, 6.07) is 7.30. The van der Waals surface area contributed by atoms with Gasteiger partial charge in [0.1, 0.15) is 11.3 Å². The molecule has 1 saturated carbocycles. The van der Waals surface area contributed by atoms with Crippen LogP contribution in [0.5, 0.6) is 5.75 Å². The van der Waals surface area contributed by atoms with E-state index in [0.29, 0.717) is 17.1 Å². The molecular weight excluding hydrogens is 266 g/mol. The van der Waals surface area contributed by atoms with Gasteiger partial charge in [0.05, 0.1) is 12.7 Å². The first kappa shape index (κ1) is 13.5. The van der Waals surface area contributed by atoms with E-state index in [4.69, 9.17) is 4.74 Å². The lowest BCUT2D eigenvalue weighted by molar-refractivity contribution is 0.0925. The lowest BCUT2D eigenvalue weighted by Crippen LogP contribution is -2.36. The van der Waals surface area contributed by atoms with Gasteiger partial charge in [0.25, 0.3) is 5.91 Å². The van der Waals surface area contributed by atoms with Gasteiger partial charge in [-0.1, -0.05) is 6.07 Å². The van der Waals surface area contributed by atoms with E-state index in [2.05, 4.69) is 15.3 Å². The monoisotopic (exact) mass is 283 g/mol. The number of carbonyl (C=O) groups excluding carboxylic acids is 1. The third-order valence-corrected chi connectivity index (χ3v) is 3.70. The van der Waals surface area contributed by atoms with Gasteiger partial charge in [0.15, 0.2) is 5.82 Å². The van der Waals surface area contributed by atoms with E-state index in [1.807, 2.05) is 19.1 Å². The number of hydrogen-bond donors (Lipinski definition) is 1. The summed E-state index contributed by atoms with van der Waals surface area (Å²) in [5.41, 5.74) is 1.16. The van der Waals surface area contributed by atoms with Crippen LogP contribution in [-0.2, 0) is 5.54 Å². The Kier molecular flexibility index (Phi) is 3.33. The first-order valence-corrected chi connectivity index (χ1v) is 6.89. The smallest absolute Gasteiger partial charge is 0.255 e. The van der Waals surface area contributed by atoms with Gasteiger partial charge in [-0.2, -0.15) is 0 Å². The van der Waals surface area contributed by atoms with Gasteiger partial charge in [-0.25, -0.2) is 9.97 Å². The fourth-order valence-electron chi connectivity index (χ4n) is 2.35. The molecule has 1 aliphatic rings. The van der Waals surface area contributed by atoms with Gasteiger partial charge >= 0.3 is 0 Å². The second-order valence-corrected chi connectivity index (χ2v) is 5.31. The van der Waals surface area contributed by atoms with Crippen molar-refractivity contribution in [1.82, 2.24) is 15.3 Å². The van der Waals surface area contributed by atoms with E-state index in [0.717, 1.165) is 18.4 Å². The summed E-state index contributed by atoms with van der Waals surface area (Å²) in [6.07, 6.45) is 5.11. The zero-order valence-electron chi connectivity index (χ0n) is 12.1. The number of benzene rings is 1. The van der Waals surface area contributed by atoms with Crippen LogP contribution in [0.2, 0.25) is 0 Å². The predicted molar refractivity (Wildman–Crippen MR) is 78.1 cm³/mol. The number of methoxy groups -OCH3 is 1. The van der Waals surface area contributed by atoms with Crippen molar-refractivity contribution in [3.63, 3.8) is 0 Å². The van der Waals surface area contributed by atoms with Gasteiger partial charge in [0, 0.05) is 12.4 Å². The van der Waals surface area contributed by atoms with E-state index in [9.17, 15) is 4.79 Å². The van der Waals surface area contributed by atoms with E-state index in [-0.39, 0.29) is 5.91 Å². The van der Waals surface area contributed by atoms with Gasteiger partial charge in [0.2, 0.25) is 0 Å². The Morgan fingerprint density at radius 2 is 2.00 bits per heavy atom. The Labute approximate surface area is 123 Å². The van der Waals surface area contributed by atoms with Gasteiger partial charge in [-0.05, 0) is 43.5 Å². The molecule has 0 radical (unpaired) electrons. The van der Waals surface area contributed by atoms with Gasteiger partial charge < -0.3 is 10.1 Å². The Morgan fingerprint density at radius 1 is 1.29 bits per heavy atom. The number of rotatable bonds is 4. The number of hydrogen-bond acceptors (Lipinski definition) is 4. The van der Waals surface area contributed by atoms with Crippen molar-refractivity contribution in [3.05, 3.63) is 53.6 Å². The van der Waals surface area contributed by atoms with E-state index in [1.165, 1.54) is 0 Å². The first-order valence-electron chi connectivity index (χ1n) is 6.89. The fourth-order valence-corrected chi connectivity index (χ4v) is 2.35. The lowest BCUT2D eigenvalue weighted by Gasteiger charge is -2.17. The SMILES string of the molecule is COc1cc(C)ccc1C(=O)NC1(c2ncccn2)CC1. The number of ether oxygens (including phenoxy) is 1. The van der Waals surface area contributed by atoms with Crippen molar-refractivity contribution in [2.45, 2.75) is 25.3 Å². The van der Waals surface area contributed by atoms with Gasteiger partial charge in [-0.15, -0.1) is 0 Å². The minimum atomic E-state index is -0.422. The number of nitrogens with zero attached hydrogens (tertiary/aromatic N) is 2. The zero-order chi connectivity index (χ0) is 14.9. The average molecular weight is 283 g/mol. The minimum absolute atomic E-state index is 0.156. The molecular formula is C16H17N3O2. The van der Waals surface area contributed by atoms with Crippen LogP contribution in [0.1, 0.15) is 34.6 Å². The summed E-state index contributed by atoms with van der Waals surface area (Å²) in [6.45, 7) is 1.96. The van der Waals surface area contributed by atoms with E-state index >= 15 is 0 Å². The quantitative estimate of drug-likeness (QED) is 0.934. The average Bonchev–Trinajstić information content (AvgIpc) is 3.28. The van der Waals surface area contributed by atoms with Crippen LogP contribution < -0.4 is 10.1 Å². The van der Waals surface area contributed by atoms with Crippen LogP contribution in [0.4, 0.5) is 0 Å². The molecule has 1 amide bonds. The van der Waals surface area contributed by atoms with Crippen LogP contribution >= 0.6 is 0 Å². The largest absolute Gasteiger partial charge is 0.496 e. The Bertz CT molecular complexity index is 666. The van der Waals surface area contributed by atoms with Crippen molar-refractivity contribution < 1.29 is 9.53 Å². The van der Waals surface area contributed by atoms with Crippen LogP contribution in [0.3, 0.4) is 0 Å². The molecule has 3 rings (SSSR count). The predicted octanol–water partition coefficient (Wildman–Crippen LogP) is 2.21. The molecule has 0 unspecified atom stereocenters. The second-order valence-electron chi connectivity index (χ2n) is 5.31. The Balaban J connectivity index is 1.84. The van der Waals surface area contributed by atoms with E-state index in [1.54, 1.807) is 31.6 Å². The number of aromatic nitrogens is 2. The fraction of sp³-hybridized carbons (Fsp3) is 0.312. The molecule has 1 aromatic heterocycles. The maximum absolute atomic E-state index is 12.5. The van der Waals surface area contributed by atoms with Crippen molar-refractivity contribution in [2.24, 2.45) is 0 Å². The highest BCUT2D eigenvalue weighted by molar-refractivity contribution is 5.97. The highest BCUT2D eigenvalue weighted by Gasteiger charge is 2.48. The molecule has 5 heteroatoms. The molecule has 1 N–H and O–H groups in total. The zero-order valence-corrected chi connectivity index (χ0v) is 12.1. The molecule has 1 aliphatic carbocycles. The summed E-state index contributed by atoms with van der Waals surface area (Å²) in [5, 5.41) is 3.05. The third kappa shape index (κ3) is 2.59. The number of carbonyl (C=O) groups is 1. The summed E-state index contributed by atoms with van der Waals surface area (Å²) >= 11 is 0. The molecule has 5 nitrogen and oxygen atoms in total. The molecule has 1 fully saturated rings. The highest BCUT2D eigenvalue weighted by atomic mass is 16.5. The topological polar surface area (TPSA) is 64.1 Å². The Morgan fingerprint density at radius 3 is 2.62 bits per heavy atom. The highest BCUT2D eigenvalue weighted by Crippen LogP contribution is 2.43. The normalized spacial score (nSPS) is 15.3. The molecule has 21 heavy (non-hydrogen) atoms. The third-order valence-electron chi connectivity index (χ3n) is 3.70. The molecule has 0 spiro atoms. The minimum Gasteiger partial charge on any atom is -0.496 e. The maximum Gasteiger partial charge on any atom is 0.255 e. The molecule has 108 valence electrons. The molecule has 1 heterocycles. The number of aryl methyl sites for hydroxylation is 1. The molecule has 0 saturated heterocycles. The molecule has 2 aromatic rings. The van der Waals surface area contributed by atoms with Crippen LogP contribution in [0.25, 0.3) is 0 Å². The molecule has 1 aromatic carbocycles. The standard InChI is InChI=1S/C16H17N3O2/c1-11-4-5-12(13(10-11)21-2)14(20)19-16(6-7-16)15-17-8-3-9-18-15/h3-5,8-10H,6-7H2,1-2H3,(H,19,20). The van der Waals surface area contributed by atoms with Crippen molar-refractivity contribution in [1.29, 1.82) is 0 Å². The number of nitrogens with one attached hydrogen (secondary N) is 1. The summed E-state index contributed by atoms with van der Waals surface area (Å²) in [4.78, 5) is 21.0. The van der Waals surface area contributed by atoms with Crippen molar-refractivity contribution >= 4 is 5.91 Å². The number of amides is 1. The second kappa shape index (κ2) is 5.16. The van der Waals surface area contributed by atoms with Gasteiger partial charge in [-0.3, -0.25) is 4.79 Å². The van der Waals surface area contributed by atoms with E-state index < -0.39 is 5.54 Å². The van der Waals surface area contributed by atoms with Crippen LogP contribution in [-0.4, -0.2) is 23.0 Å². The maximum atomic E-state index is 12.5.